The predicted molar refractivity (Wildman–Crippen MR) is 120 cm³/mol. The Balaban J connectivity index is 2.02. The fourth-order valence-electron chi connectivity index (χ4n) is 3.50. The third-order valence-corrected chi connectivity index (χ3v) is 7.25. The summed E-state index contributed by atoms with van der Waals surface area (Å²) in [7, 11) is 0. The molecule has 3 nitrogen and oxygen atoms in total. The Bertz CT molecular complexity index is 1080. The smallest absolute Gasteiger partial charge is 0.127 e. The Morgan fingerprint density at radius 2 is 1.81 bits per heavy atom. The number of hydrogen-bond acceptors (Lipinski definition) is 2. The number of benzene rings is 1. The number of nitrogens with zero attached hydrogens (tertiary/aromatic N) is 3. The first-order valence-electron chi connectivity index (χ1n) is 8.36. The average molecular weight is 573 g/mol. The van der Waals surface area contributed by atoms with E-state index in [0.29, 0.717) is 0 Å². The van der Waals surface area contributed by atoms with E-state index in [1.807, 2.05) is 16.8 Å². The molecular weight excluding hydrogens is 555 g/mol. The Morgan fingerprint density at radius 3 is 2.54 bits per heavy atom. The van der Waals surface area contributed by atoms with E-state index in [4.69, 9.17) is 4.99 Å². The molecule has 0 amide bonds. The van der Waals surface area contributed by atoms with Gasteiger partial charge in [-0.1, -0.05) is 26.0 Å². The summed E-state index contributed by atoms with van der Waals surface area (Å²) in [5.41, 5.74) is 3.51. The van der Waals surface area contributed by atoms with Crippen molar-refractivity contribution in [2.45, 2.75) is 38.6 Å². The highest BCUT2D eigenvalue weighted by Crippen LogP contribution is 2.45. The van der Waals surface area contributed by atoms with Gasteiger partial charge in [0.2, 0.25) is 0 Å². The van der Waals surface area contributed by atoms with E-state index >= 15 is 0 Å². The minimum absolute atomic E-state index is 0.172. The highest BCUT2D eigenvalue weighted by Gasteiger charge is 2.45. The van der Waals surface area contributed by atoms with Crippen molar-refractivity contribution in [2.75, 3.05) is 0 Å². The van der Waals surface area contributed by atoms with Gasteiger partial charge in [0.15, 0.2) is 0 Å². The van der Waals surface area contributed by atoms with Crippen molar-refractivity contribution >= 4 is 56.4 Å². The van der Waals surface area contributed by atoms with E-state index in [0.717, 1.165) is 35.2 Å². The molecule has 0 radical (unpaired) electrons. The second-order valence-electron chi connectivity index (χ2n) is 7.66. The molecule has 0 bridgehead atoms. The largest absolute Gasteiger partial charge is 0.277 e. The van der Waals surface area contributed by atoms with Crippen LogP contribution in [0, 0.1) is 13.1 Å². The monoisotopic (exact) mass is 573 g/mol. The van der Waals surface area contributed by atoms with Crippen molar-refractivity contribution in [2.24, 2.45) is 4.99 Å². The lowest BCUT2D eigenvalue weighted by atomic mass is 9.65. The van der Waals surface area contributed by atoms with Crippen molar-refractivity contribution in [3.8, 4) is 0 Å². The van der Waals surface area contributed by atoms with Gasteiger partial charge in [0, 0.05) is 25.7 Å². The second kappa shape index (κ2) is 5.98. The normalized spacial score (nSPS) is 17.9. The summed E-state index contributed by atoms with van der Waals surface area (Å²) in [5, 5.41) is 4.59. The van der Waals surface area contributed by atoms with Gasteiger partial charge in [-0.2, -0.15) is 5.10 Å². The van der Waals surface area contributed by atoms with Crippen LogP contribution in [0.3, 0.4) is 0 Å². The van der Waals surface area contributed by atoms with Crippen molar-refractivity contribution in [3.63, 3.8) is 0 Å². The number of aromatic nitrogens is 2. The number of aliphatic imine (C=N–C) groups is 1. The Labute approximate surface area is 179 Å². The van der Waals surface area contributed by atoms with Gasteiger partial charge in [0.05, 0.1) is 23.0 Å². The summed E-state index contributed by atoms with van der Waals surface area (Å²) in [4.78, 5) is 5.06. The van der Waals surface area contributed by atoms with Gasteiger partial charge in [0.25, 0.3) is 0 Å². The lowest BCUT2D eigenvalue weighted by Gasteiger charge is -2.44. The second-order valence-corrected chi connectivity index (χ2v) is 9.93. The molecule has 4 rings (SSSR count). The van der Waals surface area contributed by atoms with Crippen molar-refractivity contribution < 1.29 is 4.39 Å². The zero-order valence-corrected chi connectivity index (χ0v) is 19.3. The molecule has 0 fully saturated rings. The molecule has 134 valence electrons. The third-order valence-electron chi connectivity index (χ3n) is 5.61. The summed E-state index contributed by atoms with van der Waals surface area (Å²) in [6.07, 6.45) is 1.83. The topological polar surface area (TPSA) is 29.7 Å². The van der Waals surface area contributed by atoms with E-state index in [1.165, 1.54) is 0 Å². The van der Waals surface area contributed by atoms with Crippen LogP contribution in [0.2, 0.25) is 0 Å². The quantitative estimate of drug-likeness (QED) is 0.350. The van der Waals surface area contributed by atoms with Crippen LogP contribution in [0.15, 0.2) is 41.5 Å². The summed E-state index contributed by atoms with van der Waals surface area (Å²) >= 11 is 4.59. The molecule has 0 saturated carbocycles. The number of rotatable bonds is 1. The Morgan fingerprint density at radius 1 is 1.08 bits per heavy atom. The van der Waals surface area contributed by atoms with Crippen LogP contribution >= 0.6 is 45.2 Å². The van der Waals surface area contributed by atoms with Crippen LogP contribution in [-0.4, -0.2) is 20.9 Å². The fourth-order valence-corrected chi connectivity index (χ4v) is 5.47. The molecule has 6 heteroatoms. The molecule has 3 heterocycles. The van der Waals surface area contributed by atoms with Crippen molar-refractivity contribution in [3.05, 3.63) is 66.3 Å². The summed E-state index contributed by atoms with van der Waals surface area (Å²) in [6, 6.07) is 9.45. The number of halogens is 3. The summed E-state index contributed by atoms with van der Waals surface area (Å²) < 4.78 is 19.0. The molecule has 0 saturated heterocycles. The van der Waals surface area contributed by atoms with Crippen molar-refractivity contribution in [1.82, 2.24) is 9.61 Å². The zero-order chi connectivity index (χ0) is 18.9. The summed E-state index contributed by atoms with van der Waals surface area (Å²) in [6.45, 7) is 8.26. The van der Waals surface area contributed by atoms with E-state index in [-0.39, 0.29) is 5.82 Å². The highest BCUT2D eigenvalue weighted by atomic mass is 127. The summed E-state index contributed by atoms with van der Waals surface area (Å²) in [5.74, 6) is -0.172. The molecule has 0 aliphatic carbocycles. The molecule has 1 aliphatic rings. The molecular formula is C20H18FI2N3. The zero-order valence-electron chi connectivity index (χ0n) is 14.9. The molecule has 2 aromatic heterocycles. The lowest BCUT2D eigenvalue weighted by Crippen LogP contribution is -2.46. The van der Waals surface area contributed by atoms with E-state index < -0.39 is 11.0 Å². The van der Waals surface area contributed by atoms with Gasteiger partial charge in [-0.25, -0.2) is 8.91 Å². The molecule has 0 N–H and O–H groups in total. The number of fused-ring (bicyclic) bond motifs is 2. The lowest BCUT2D eigenvalue weighted by molar-refractivity contribution is 0.293. The first-order valence-corrected chi connectivity index (χ1v) is 10.5. The Hall–Kier alpha value is -1.03. The van der Waals surface area contributed by atoms with E-state index in [9.17, 15) is 4.39 Å². The minimum atomic E-state index is -0.437. The van der Waals surface area contributed by atoms with Crippen LogP contribution < -0.4 is 0 Å². The minimum Gasteiger partial charge on any atom is -0.277 e. The van der Waals surface area contributed by atoms with Crippen LogP contribution in [0.4, 0.5) is 4.39 Å². The van der Waals surface area contributed by atoms with Gasteiger partial charge >= 0.3 is 0 Å². The maximum atomic E-state index is 14.8. The molecule has 0 spiro atoms. The van der Waals surface area contributed by atoms with E-state index in [1.54, 1.807) is 12.1 Å². The van der Waals surface area contributed by atoms with Gasteiger partial charge < -0.3 is 0 Å². The molecule has 0 unspecified atom stereocenters. The molecule has 3 aromatic rings. The van der Waals surface area contributed by atoms with Crippen LogP contribution in [0.1, 0.15) is 44.4 Å². The predicted octanol–water partition coefficient (Wildman–Crippen LogP) is 5.59. The van der Waals surface area contributed by atoms with Gasteiger partial charge in [0.1, 0.15) is 9.52 Å². The standard InChI is InChI=1S/C20H18FI2N3/c1-19(2)17-12(6-5-7-13(17)21)18(25-20(19,3)4)11-8-15-14(22)9-16(23)26(15)24-10-11/h5-10H,1-4H3. The highest BCUT2D eigenvalue weighted by molar-refractivity contribution is 14.1. The maximum Gasteiger partial charge on any atom is 0.127 e. The first-order chi connectivity index (χ1) is 12.1. The first kappa shape index (κ1) is 18.3. The fraction of sp³-hybridized carbons (Fsp3) is 0.300. The third kappa shape index (κ3) is 2.55. The molecule has 26 heavy (non-hydrogen) atoms. The van der Waals surface area contributed by atoms with Gasteiger partial charge in [-0.15, -0.1) is 0 Å². The molecule has 0 atom stereocenters. The van der Waals surface area contributed by atoms with Crippen LogP contribution in [0.25, 0.3) is 5.52 Å². The number of hydrogen-bond donors (Lipinski definition) is 0. The molecule has 1 aliphatic heterocycles. The molecule has 1 aromatic carbocycles. The SMILES string of the molecule is CC1(C)N=C(c2cnn3c(I)cc(I)c3c2)c2cccc(F)c2C1(C)C. The van der Waals surface area contributed by atoms with Crippen molar-refractivity contribution in [1.29, 1.82) is 0 Å². The van der Waals surface area contributed by atoms with Crippen LogP contribution in [0.5, 0.6) is 0 Å². The van der Waals surface area contributed by atoms with E-state index in [2.05, 4.69) is 90.1 Å². The maximum absolute atomic E-state index is 14.8. The Kier molecular flexibility index (Phi) is 4.22. The van der Waals surface area contributed by atoms with Crippen LogP contribution in [-0.2, 0) is 5.41 Å². The average Bonchev–Trinajstić information content (AvgIpc) is 2.85. The van der Waals surface area contributed by atoms with Gasteiger partial charge in [-0.3, -0.25) is 4.99 Å². The van der Waals surface area contributed by atoms with Gasteiger partial charge in [-0.05, 0) is 77.2 Å².